The molecular weight excluding hydrogens is 264 g/mol. The maximum atomic E-state index is 6.07. The van der Waals surface area contributed by atoms with Crippen LogP contribution in [0.5, 0.6) is 11.5 Å². The largest absolute Gasteiger partial charge is 0.493 e. The van der Waals surface area contributed by atoms with Gasteiger partial charge in [-0.25, -0.2) is 0 Å². The lowest BCUT2D eigenvalue weighted by Crippen LogP contribution is -2.15. The van der Waals surface area contributed by atoms with Crippen molar-refractivity contribution >= 4 is 0 Å². The van der Waals surface area contributed by atoms with Crippen LogP contribution in [0.2, 0.25) is 0 Å². The topological polar surface area (TPSA) is 70.5 Å². The highest BCUT2D eigenvalue weighted by molar-refractivity contribution is 5.44. The Hall–Kier alpha value is -2.04. The van der Waals surface area contributed by atoms with Gasteiger partial charge in [-0.3, -0.25) is 0 Å². The fourth-order valence-electron chi connectivity index (χ4n) is 2.12. The van der Waals surface area contributed by atoms with E-state index in [4.69, 9.17) is 20.9 Å². The quantitative estimate of drug-likeness (QED) is 0.821. The van der Waals surface area contributed by atoms with Crippen molar-refractivity contribution in [3.8, 4) is 11.5 Å². The molecule has 0 saturated carbocycles. The minimum atomic E-state index is -0.0768. The summed E-state index contributed by atoms with van der Waals surface area (Å²) in [5, 5.41) is 0. The third-order valence-electron chi connectivity index (χ3n) is 3.33. The van der Waals surface area contributed by atoms with Crippen molar-refractivity contribution in [2.45, 2.75) is 19.1 Å². The fourth-order valence-corrected chi connectivity index (χ4v) is 2.12. The first-order chi connectivity index (χ1) is 10.2. The number of hydrogen-bond donors (Lipinski definition) is 2. The molecule has 0 aliphatic rings. The molecule has 4 nitrogen and oxygen atoms in total. The van der Waals surface area contributed by atoms with Gasteiger partial charge >= 0.3 is 0 Å². The Morgan fingerprint density at radius 2 is 1.81 bits per heavy atom. The summed E-state index contributed by atoms with van der Waals surface area (Å²) in [5.74, 6) is 1.40. The minimum absolute atomic E-state index is 0.0768. The van der Waals surface area contributed by atoms with Crippen molar-refractivity contribution in [1.82, 2.24) is 0 Å². The molecule has 0 aromatic heterocycles. The van der Waals surface area contributed by atoms with Crippen molar-refractivity contribution in [2.24, 2.45) is 11.5 Å². The molecule has 1 atom stereocenters. The van der Waals surface area contributed by atoms with Crippen LogP contribution in [0.4, 0.5) is 0 Å². The predicted molar refractivity (Wildman–Crippen MR) is 84.4 cm³/mol. The van der Waals surface area contributed by atoms with E-state index < -0.39 is 0 Å². The van der Waals surface area contributed by atoms with Crippen molar-refractivity contribution in [1.29, 1.82) is 0 Å². The molecule has 0 amide bonds. The average molecular weight is 286 g/mol. The van der Waals surface area contributed by atoms with Gasteiger partial charge in [0.2, 0.25) is 0 Å². The second-order valence-corrected chi connectivity index (χ2v) is 4.87. The molecule has 0 bridgehead atoms. The Bertz CT molecular complexity index is 558. The molecule has 4 heteroatoms. The normalized spacial score (nSPS) is 12.0. The standard InChI is InChI=1S/C17H22N2O2/c1-20-17-11-14(15(19)9-10-18)7-8-16(17)21-12-13-5-3-2-4-6-13/h2-8,11,15H,9-10,12,18-19H2,1H3/t15-/m1/s1. The summed E-state index contributed by atoms with van der Waals surface area (Å²) in [6, 6.07) is 15.7. The first-order valence-electron chi connectivity index (χ1n) is 7.05. The number of methoxy groups -OCH3 is 1. The summed E-state index contributed by atoms with van der Waals surface area (Å²) in [4.78, 5) is 0. The highest BCUT2D eigenvalue weighted by atomic mass is 16.5. The molecule has 0 aliphatic heterocycles. The molecule has 2 aromatic carbocycles. The third kappa shape index (κ3) is 4.21. The molecule has 0 spiro atoms. The first kappa shape index (κ1) is 15.4. The van der Waals surface area contributed by atoms with Crippen LogP contribution in [0.15, 0.2) is 48.5 Å². The number of ether oxygens (including phenoxy) is 2. The molecule has 0 radical (unpaired) electrons. The molecule has 2 aromatic rings. The molecule has 0 fully saturated rings. The van der Waals surface area contributed by atoms with Crippen LogP contribution < -0.4 is 20.9 Å². The van der Waals surface area contributed by atoms with E-state index in [-0.39, 0.29) is 6.04 Å². The lowest BCUT2D eigenvalue weighted by molar-refractivity contribution is 0.284. The Morgan fingerprint density at radius 3 is 2.48 bits per heavy atom. The zero-order valence-electron chi connectivity index (χ0n) is 12.3. The first-order valence-corrected chi connectivity index (χ1v) is 7.05. The summed E-state index contributed by atoms with van der Waals surface area (Å²) >= 11 is 0. The van der Waals surface area contributed by atoms with Gasteiger partial charge in [-0.05, 0) is 36.2 Å². The molecule has 2 rings (SSSR count). The third-order valence-corrected chi connectivity index (χ3v) is 3.33. The summed E-state index contributed by atoms with van der Waals surface area (Å²) in [6.45, 7) is 1.07. The second-order valence-electron chi connectivity index (χ2n) is 4.87. The van der Waals surface area contributed by atoms with E-state index in [1.54, 1.807) is 7.11 Å². The molecule has 21 heavy (non-hydrogen) atoms. The summed E-state index contributed by atoms with van der Waals surface area (Å²) in [7, 11) is 1.63. The lowest BCUT2D eigenvalue weighted by Gasteiger charge is -2.15. The van der Waals surface area contributed by atoms with Gasteiger partial charge in [0.15, 0.2) is 11.5 Å². The van der Waals surface area contributed by atoms with Gasteiger partial charge in [0, 0.05) is 6.04 Å². The zero-order valence-corrected chi connectivity index (χ0v) is 12.3. The van der Waals surface area contributed by atoms with Gasteiger partial charge in [-0.15, -0.1) is 0 Å². The van der Waals surface area contributed by atoms with Crippen LogP contribution in [0.3, 0.4) is 0 Å². The molecule has 0 saturated heterocycles. The second kappa shape index (κ2) is 7.67. The van der Waals surface area contributed by atoms with E-state index in [2.05, 4.69) is 0 Å². The number of nitrogens with two attached hydrogens (primary N) is 2. The summed E-state index contributed by atoms with van der Waals surface area (Å²) in [6.07, 6.45) is 0.743. The van der Waals surface area contributed by atoms with E-state index in [9.17, 15) is 0 Å². The van der Waals surface area contributed by atoms with Crippen molar-refractivity contribution in [3.63, 3.8) is 0 Å². The molecule has 0 heterocycles. The van der Waals surface area contributed by atoms with Gasteiger partial charge in [0.1, 0.15) is 6.61 Å². The monoisotopic (exact) mass is 286 g/mol. The molecule has 0 unspecified atom stereocenters. The lowest BCUT2D eigenvalue weighted by atomic mass is 10.0. The van der Waals surface area contributed by atoms with Gasteiger partial charge in [0.25, 0.3) is 0 Å². The molecule has 0 aliphatic carbocycles. The molecule has 4 N–H and O–H groups in total. The highest BCUT2D eigenvalue weighted by Gasteiger charge is 2.10. The smallest absolute Gasteiger partial charge is 0.161 e. The zero-order chi connectivity index (χ0) is 15.1. The number of benzene rings is 2. The van der Waals surface area contributed by atoms with Crippen LogP contribution >= 0.6 is 0 Å². The SMILES string of the molecule is COc1cc([C@H](N)CCN)ccc1OCc1ccccc1. The average Bonchev–Trinajstić information content (AvgIpc) is 2.54. The number of rotatable bonds is 7. The van der Waals surface area contributed by atoms with Gasteiger partial charge in [0.05, 0.1) is 7.11 Å². The van der Waals surface area contributed by atoms with Crippen molar-refractivity contribution in [2.75, 3.05) is 13.7 Å². The van der Waals surface area contributed by atoms with E-state index in [0.29, 0.717) is 24.7 Å². The van der Waals surface area contributed by atoms with Crippen LogP contribution in [0.25, 0.3) is 0 Å². The van der Waals surface area contributed by atoms with Crippen molar-refractivity contribution < 1.29 is 9.47 Å². The minimum Gasteiger partial charge on any atom is -0.493 e. The van der Waals surface area contributed by atoms with E-state index in [1.165, 1.54) is 0 Å². The van der Waals surface area contributed by atoms with Gasteiger partial charge in [-0.1, -0.05) is 36.4 Å². The highest BCUT2D eigenvalue weighted by Crippen LogP contribution is 2.31. The van der Waals surface area contributed by atoms with E-state index >= 15 is 0 Å². The molecular formula is C17H22N2O2. The Balaban J connectivity index is 2.09. The Labute approximate surface area is 125 Å². The fraction of sp³-hybridized carbons (Fsp3) is 0.294. The van der Waals surface area contributed by atoms with Gasteiger partial charge < -0.3 is 20.9 Å². The maximum Gasteiger partial charge on any atom is 0.161 e. The van der Waals surface area contributed by atoms with E-state index in [1.807, 2.05) is 48.5 Å². The molecule has 112 valence electrons. The predicted octanol–water partition coefficient (Wildman–Crippen LogP) is 2.62. The van der Waals surface area contributed by atoms with Crippen LogP contribution in [0, 0.1) is 0 Å². The summed E-state index contributed by atoms with van der Waals surface area (Å²) in [5.41, 5.74) is 13.7. The summed E-state index contributed by atoms with van der Waals surface area (Å²) < 4.78 is 11.2. The maximum absolute atomic E-state index is 6.07. The van der Waals surface area contributed by atoms with Crippen molar-refractivity contribution in [3.05, 3.63) is 59.7 Å². The Kier molecular flexibility index (Phi) is 5.60. The van der Waals surface area contributed by atoms with Crippen LogP contribution in [-0.4, -0.2) is 13.7 Å². The van der Waals surface area contributed by atoms with Gasteiger partial charge in [-0.2, -0.15) is 0 Å². The number of hydrogen-bond acceptors (Lipinski definition) is 4. The van der Waals surface area contributed by atoms with E-state index in [0.717, 1.165) is 17.5 Å². The van der Waals surface area contributed by atoms with Crippen LogP contribution in [0.1, 0.15) is 23.6 Å². The Morgan fingerprint density at radius 1 is 1.05 bits per heavy atom. The van der Waals surface area contributed by atoms with Crippen LogP contribution in [-0.2, 0) is 6.61 Å².